The number of hydrogen-bond donors (Lipinski definition) is 1. The van der Waals surface area contributed by atoms with E-state index in [9.17, 15) is 22.0 Å². The van der Waals surface area contributed by atoms with Crippen LogP contribution >= 0.6 is 0 Å². The Morgan fingerprint density at radius 2 is 1.64 bits per heavy atom. The average Bonchev–Trinajstić information content (AvgIpc) is 2.62. The van der Waals surface area contributed by atoms with Crippen LogP contribution in [0.5, 0.6) is 0 Å². The first-order valence-electron chi connectivity index (χ1n) is 7.84. The molecule has 134 valence electrons. The quantitative estimate of drug-likeness (QED) is 0.806. The third-order valence-electron chi connectivity index (χ3n) is 3.76. The Kier molecular flexibility index (Phi) is 6.25. The SMILES string of the molecule is CCC[C@@H](NC(=O)c1ccc(S(=O)(=O)C(F)F)cc1)c1ccccc1. The fourth-order valence-electron chi connectivity index (χ4n) is 2.44. The molecule has 1 atom stereocenters. The van der Waals surface area contributed by atoms with Gasteiger partial charge in [0.15, 0.2) is 0 Å². The van der Waals surface area contributed by atoms with Crippen molar-refractivity contribution in [1.82, 2.24) is 5.32 Å². The van der Waals surface area contributed by atoms with Crippen LogP contribution in [0.3, 0.4) is 0 Å². The molecule has 4 nitrogen and oxygen atoms in total. The number of nitrogens with one attached hydrogen (secondary N) is 1. The second kappa shape index (κ2) is 8.20. The molecule has 1 N–H and O–H groups in total. The highest BCUT2D eigenvalue weighted by atomic mass is 32.2. The predicted molar refractivity (Wildman–Crippen MR) is 91.2 cm³/mol. The van der Waals surface area contributed by atoms with E-state index in [1.165, 1.54) is 12.1 Å². The lowest BCUT2D eigenvalue weighted by Crippen LogP contribution is -2.28. The van der Waals surface area contributed by atoms with Crippen molar-refractivity contribution in [2.24, 2.45) is 0 Å². The van der Waals surface area contributed by atoms with Crippen LogP contribution < -0.4 is 5.32 Å². The highest BCUT2D eigenvalue weighted by molar-refractivity contribution is 7.91. The molecule has 0 radical (unpaired) electrons. The second-order valence-electron chi connectivity index (χ2n) is 5.56. The third kappa shape index (κ3) is 4.63. The predicted octanol–water partition coefficient (Wildman–Crippen LogP) is 3.95. The van der Waals surface area contributed by atoms with Crippen molar-refractivity contribution in [2.75, 3.05) is 0 Å². The molecular weight excluding hydrogens is 348 g/mol. The van der Waals surface area contributed by atoms with Gasteiger partial charge in [-0.25, -0.2) is 8.42 Å². The van der Waals surface area contributed by atoms with Gasteiger partial charge >= 0.3 is 5.76 Å². The zero-order valence-electron chi connectivity index (χ0n) is 13.7. The van der Waals surface area contributed by atoms with E-state index in [-0.39, 0.29) is 17.5 Å². The molecule has 0 spiro atoms. The molecule has 0 aliphatic rings. The molecule has 0 saturated carbocycles. The lowest BCUT2D eigenvalue weighted by Gasteiger charge is -2.18. The van der Waals surface area contributed by atoms with E-state index < -0.39 is 20.5 Å². The number of carbonyl (C=O) groups excluding carboxylic acids is 1. The molecule has 0 aliphatic heterocycles. The van der Waals surface area contributed by atoms with Gasteiger partial charge in [0.1, 0.15) is 0 Å². The number of amides is 1. The van der Waals surface area contributed by atoms with Gasteiger partial charge in [-0.1, -0.05) is 43.7 Å². The molecule has 0 heterocycles. The molecule has 0 aromatic heterocycles. The Labute approximate surface area is 145 Å². The smallest absolute Gasteiger partial charge is 0.341 e. The van der Waals surface area contributed by atoms with Gasteiger partial charge in [-0.05, 0) is 36.2 Å². The van der Waals surface area contributed by atoms with Gasteiger partial charge in [0.25, 0.3) is 5.91 Å². The minimum Gasteiger partial charge on any atom is -0.345 e. The largest absolute Gasteiger partial charge is 0.345 e. The first kappa shape index (κ1) is 19.1. The van der Waals surface area contributed by atoms with E-state index in [4.69, 9.17) is 0 Å². The Morgan fingerprint density at radius 1 is 1.04 bits per heavy atom. The van der Waals surface area contributed by atoms with Crippen molar-refractivity contribution in [3.63, 3.8) is 0 Å². The number of sulfone groups is 1. The van der Waals surface area contributed by atoms with Gasteiger partial charge in [-0.15, -0.1) is 0 Å². The molecular formula is C18H19F2NO3S. The number of benzene rings is 2. The van der Waals surface area contributed by atoms with Gasteiger partial charge < -0.3 is 5.32 Å². The van der Waals surface area contributed by atoms with E-state index in [1.807, 2.05) is 37.3 Å². The van der Waals surface area contributed by atoms with Gasteiger partial charge in [0.2, 0.25) is 9.84 Å². The van der Waals surface area contributed by atoms with Crippen LogP contribution in [0.15, 0.2) is 59.5 Å². The summed E-state index contributed by atoms with van der Waals surface area (Å²) in [7, 11) is -4.66. The Balaban J connectivity index is 2.17. The van der Waals surface area contributed by atoms with E-state index >= 15 is 0 Å². The van der Waals surface area contributed by atoms with Crippen molar-refractivity contribution >= 4 is 15.7 Å². The molecule has 7 heteroatoms. The molecule has 0 aliphatic carbocycles. The molecule has 0 unspecified atom stereocenters. The lowest BCUT2D eigenvalue weighted by atomic mass is 10.0. The minimum absolute atomic E-state index is 0.178. The molecule has 1 amide bonds. The number of rotatable bonds is 7. The fraction of sp³-hybridized carbons (Fsp3) is 0.278. The third-order valence-corrected chi connectivity index (χ3v) is 5.16. The molecule has 0 saturated heterocycles. The summed E-state index contributed by atoms with van der Waals surface area (Å²) in [5, 5.41) is 2.89. The zero-order valence-corrected chi connectivity index (χ0v) is 14.5. The van der Waals surface area contributed by atoms with E-state index in [0.29, 0.717) is 0 Å². The maximum atomic E-state index is 12.5. The maximum absolute atomic E-state index is 12.5. The number of halogens is 2. The number of carbonyl (C=O) groups is 1. The fourth-order valence-corrected chi connectivity index (χ4v) is 3.16. The lowest BCUT2D eigenvalue weighted by molar-refractivity contribution is 0.0934. The Hall–Kier alpha value is -2.28. The van der Waals surface area contributed by atoms with E-state index in [0.717, 1.165) is 30.5 Å². The summed E-state index contributed by atoms with van der Waals surface area (Å²) < 4.78 is 47.9. The van der Waals surface area contributed by atoms with Crippen molar-refractivity contribution < 1.29 is 22.0 Å². The van der Waals surface area contributed by atoms with Gasteiger partial charge in [-0.3, -0.25) is 4.79 Å². The summed E-state index contributed by atoms with van der Waals surface area (Å²) in [5.41, 5.74) is 1.18. The molecule has 2 aromatic carbocycles. The van der Waals surface area contributed by atoms with Gasteiger partial charge in [0, 0.05) is 5.56 Å². The average molecular weight is 367 g/mol. The summed E-state index contributed by atoms with van der Waals surface area (Å²) in [5.74, 6) is -3.87. The Morgan fingerprint density at radius 3 is 2.16 bits per heavy atom. The molecule has 2 aromatic rings. The molecule has 0 bridgehead atoms. The summed E-state index contributed by atoms with van der Waals surface area (Å²) in [6, 6.07) is 13.8. The van der Waals surface area contributed by atoms with Crippen LogP contribution in [-0.4, -0.2) is 20.1 Å². The summed E-state index contributed by atoms with van der Waals surface area (Å²) in [6.45, 7) is 2.01. The minimum atomic E-state index is -4.66. The molecule has 2 rings (SSSR count). The second-order valence-corrected chi connectivity index (χ2v) is 7.47. The molecule has 0 fully saturated rings. The summed E-state index contributed by atoms with van der Waals surface area (Å²) in [6.07, 6.45) is 1.61. The van der Waals surface area contributed by atoms with Crippen LogP contribution in [0.1, 0.15) is 41.7 Å². The number of hydrogen-bond acceptors (Lipinski definition) is 3. The van der Waals surface area contributed by atoms with Crippen molar-refractivity contribution in [2.45, 2.75) is 36.5 Å². The summed E-state index contributed by atoms with van der Waals surface area (Å²) in [4.78, 5) is 11.9. The van der Waals surface area contributed by atoms with Crippen LogP contribution in [0, 0.1) is 0 Å². The maximum Gasteiger partial charge on any atom is 0.341 e. The topological polar surface area (TPSA) is 63.2 Å². The highest BCUT2D eigenvalue weighted by Gasteiger charge is 2.26. The first-order chi connectivity index (χ1) is 11.9. The van der Waals surface area contributed by atoms with Crippen molar-refractivity contribution in [1.29, 1.82) is 0 Å². The molecule has 25 heavy (non-hydrogen) atoms. The van der Waals surface area contributed by atoms with Crippen LogP contribution in [0.25, 0.3) is 0 Å². The monoisotopic (exact) mass is 367 g/mol. The van der Waals surface area contributed by atoms with Crippen LogP contribution in [-0.2, 0) is 9.84 Å². The van der Waals surface area contributed by atoms with Crippen LogP contribution in [0.2, 0.25) is 0 Å². The first-order valence-corrected chi connectivity index (χ1v) is 9.38. The van der Waals surface area contributed by atoms with E-state index in [2.05, 4.69) is 5.32 Å². The van der Waals surface area contributed by atoms with Gasteiger partial charge in [0.05, 0.1) is 10.9 Å². The van der Waals surface area contributed by atoms with Crippen LogP contribution in [0.4, 0.5) is 8.78 Å². The van der Waals surface area contributed by atoms with Gasteiger partial charge in [-0.2, -0.15) is 8.78 Å². The summed E-state index contributed by atoms with van der Waals surface area (Å²) >= 11 is 0. The van der Waals surface area contributed by atoms with Crippen molar-refractivity contribution in [3.05, 3.63) is 65.7 Å². The zero-order chi connectivity index (χ0) is 18.4. The highest BCUT2D eigenvalue weighted by Crippen LogP contribution is 2.21. The van der Waals surface area contributed by atoms with Crippen molar-refractivity contribution in [3.8, 4) is 0 Å². The number of alkyl halides is 2. The Bertz CT molecular complexity index is 806. The standard InChI is InChI=1S/C18H19F2NO3S/c1-2-6-16(13-7-4-3-5-8-13)21-17(22)14-9-11-15(12-10-14)25(23,24)18(19)20/h3-5,7-12,16,18H,2,6H2,1H3,(H,21,22)/t16-/m1/s1. The van der Waals surface area contributed by atoms with E-state index in [1.54, 1.807) is 0 Å². The normalized spacial score (nSPS) is 12.8.